The van der Waals surface area contributed by atoms with Gasteiger partial charge in [0, 0.05) is 24.0 Å². The highest BCUT2D eigenvalue weighted by Crippen LogP contribution is 2.30. The lowest BCUT2D eigenvalue weighted by Gasteiger charge is -2.03. The van der Waals surface area contributed by atoms with Crippen molar-refractivity contribution in [1.82, 2.24) is 34.7 Å². The number of aromatic nitrogens is 7. The SMILES string of the molecule is Cc1ncc(-c2cc3c(-c4cc5ccncc5[nH]4)n[nH]c3cn2)n1C. The van der Waals surface area contributed by atoms with E-state index < -0.39 is 0 Å². The summed E-state index contributed by atoms with van der Waals surface area (Å²) < 4.78 is 2.03. The number of nitrogens with one attached hydrogen (secondary N) is 2. The van der Waals surface area contributed by atoms with Crippen LogP contribution in [0.2, 0.25) is 0 Å². The number of aryl methyl sites for hydroxylation is 1. The standard InChI is InChI=1S/C18H15N7/c1-10-20-9-17(25(10)2)13-6-12-16(8-21-13)23-24-18(12)14-5-11-3-4-19-7-15(11)22-14/h3-9,22H,1-2H3,(H,23,24). The molecule has 0 saturated carbocycles. The van der Waals surface area contributed by atoms with E-state index in [1.165, 1.54) is 0 Å². The largest absolute Gasteiger partial charge is 0.352 e. The summed E-state index contributed by atoms with van der Waals surface area (Å²) in [4.78, 5) is 16.4. The van der Waals surface area contributed by atoms with E-state index in [0.717, 1.165) is 50.4 Å². The fourth-order valence-corrected chi connectivity index (χ4v) is 3.10. The Morgan fingerprint density at radius 3 is 2.76 bits per heavy atom. The number of fused-ring (bicyclic) bond motifs is 2. The third kappa shape index (κ3) is 2.06. The Morgan fingerprint density at radius 1 is 1.04 bits per heavy atom. The molecule has 0 aliphatic carbocycles. The van der Waals surface area contributed by atoms with Crippen LogP contribution in [0.5, 0.6) is 0 Å². The molecule has 7 heteroatoms. The van der Waals surface area contributed by atoms with Crippen LogP contribution in [0.3, 0.4) is 0 Å². The fraction of sp³-hybridized carbons (Fsp3) is 0.111. The molecule has 0 saturated heterocycles. The highest BCUT2D eigenvalue weighted by molar-refractivity contribution is 5.96. The Morgan fingerprint density at radius 2 is 1.96 bits per heavy atom. The molecule has 0 radical (unpaired) electrons. The first-order chi connectivity index (χ1) is 12.2. The van der Waals surface area contributed by atoms with E-state index >= 15 is 0 Å². The molecule has 0 spiro atoms. The van der Waals surface area contributed by atoms with Crippen molar-refractivity contribution in [3.63, 3.8) is 0 Å². The van der Waals surface area contributed by atoms with Crippen LogP contribution in [0.25, 0.3) is 44.6 Å². The highest BCUT2D eigenvalue weighted by atomic mass is 15.1. The van der Waals surface area contributed by atoms with Gasteiger partial charge in [0.05, 0.1) is 46.7 Å². The fourth-order valence-electron chi connectivity index (χ4n) is 3.10. The van der Waals surface area contributed by atoms with Crippen LogP contribution >= 0.6 is 0 Å². The van der Waals surface area contributed by atoms with Crippen molar-refractivity contribution in [3.8, 4) is 22.8 Å². The molecular formula is C18H15N7. The number of imidazole rings is 1. The monoisotopic (exact) mass is 329 g/mol. The van der Waals surface area contributed by atoms with Gasteiger partial charge in [-0.15, -0.1) is 0 Å². The minimum Gasteiger partial charge on any atom is -0.352 e. The van der Waals surface area contributed by atoms with Crippen molar-refractivity contribution < 1.29 is 0 Å². The minimum atomic E-state index is 0.869. The molecule has 0 atom stereocenters. The lowest BCUT2D eigenvalue weighted by Crippen LogP contribution is -1.95. The second-order valence-electron chi connectivity index (χ2n) is 6.08. The summed E-state index contributed by atoms with van der Waals surface area (Å²) in [6.07, 6.45) is 7.26. The van der Waals surface area contributed by atoms with Crippen LogP contribution in [-0.4, -0.2) is 34.7 Å². The number of hydrogen-bond donors (Lipinski definition) is 2. The number of rotatable bonds is 2. The van der Waals surface area contributed by atoms with Crippen molar-refractivity contribution in [3.05, 3.63) is 48.8 Å². The molecule has 122 valence electrons. The quantitative estimate of drug-likeness (QED) is 0.520. The second kappa shape index (κ2) is 5.01. The van der Waals surface area contributed by atoms with E-state index in [9.17, 15) is 0 Å². The summed E-state index contributed by atoms with van der Waals surface area (Å²) in [6, 6.07) is 6.12. The van der Waals surface area contributed by atoms with Crippen molar-refractivity contribution in [2.45, 2.75) is 6.92 Å². The molecule has 5 rings (SSSR count). The van der Waals surface area contributed by atoms with Crippen molar-refractivity contribution in [2.24, 2.45) is 7.05 Å². The molecule has 5 aromatic rings. The zero-order chi connectivity index (χ0) is 17.0. The Hall–Kier alpha value is -3.48. The number of H-pyrrole nitrogens is 2. The molecule has 2 N–H and O–H groups in total. The van der Waals surface area contributed by atoms with Gasteiger partial charge < -0.3 is 9.55 Å². The first kappa shape index (κ1) is 13.9. The van der Waals surface area contributed by atoms with Crippen molar-refractivity contribution in [2.75, 3.05) is 0 Å². The molecular weight excluding hydrogens is 314 g/mol. The average Bonchev–Trinajstić information content (AvgIpc) is 3.31. The molecule has 0 bridgehead atoms. The Kier molecular flexibility index (Phi) is 2.79. The summed E-state index contributed by atoms with van der Waals surface area (Å²) >= 11 is 0. The van der Waals surface area contributed by atoms with E-state index in [0.29, 0.717) is 0 Å². The predicted molar refractivity (Wildman–Crippen MR) is 95.9 cm³/mol. The number of pyridine rings is 2. The summed E-state index contributed by atoms with van der Waals surface area (Å²) in [7, 11) is 1.99. The molecule has 25 heavy (non-hydrogen) atoms. The van der Waals surface area contributed by atoms with Crippen LogP contribution in [0.4, 0.5) is 0 Å². The van der Waals surface area contributed by atoms with Gasteiger partial charge in [-0.05, 0) is 25.1 Å². The molecule has 5 aromatic heterocycles. The van der Waals surface area contributed by atoms with Gasteiger partial charge in [0.15, 0.2) is 0 Å². The van der Waals surface area contributed by atoms with Gasteiger partial charge in [0.2, 0.25) is 0 Å². The maximum atomic E-state index is 4.55. The van der Waals surface area contributed by atoms with Crippen LogP contribution in [0.15, 0.2) is 43.0 Å². The molecule has 0 aliphatic heterocycles. The zero-order valence-electron chi connectivity index (χ0n) is 13.8. The second-order valence-corrected chi connectivity index (χ2v) is 6.08. The van der Waals surface area contributed by atoms with E-state index in [1.54, 1.807) is 6.20 Å². The van der Waals surface area contributed by atoms with Gasteiger partial charge in [-0.3, -0.25) is 15.1 Å². The Labute approximate surface area is 142 Å². The van der Waals surface area contributed by atoms with Gasteiger partial charge in [-0.2, -0.15) is 5.10 Å². The van der Waals surface area contributed by atoms with Gasteiger partial charge >= 0.3 is 0 Å². The van der Waals surface area contributed by atoms with E-state index in [4.69, 9.17) is 0 Å². The predicted octanol–water partition coefficient (Wildman–Crippen LogP) is 3.21. The first-order valence-corrected chi connectivity index (χ1v) is 7.96. The lowest BCUT2D eigenvalue weighted by molar-refractivity contribution is 0.862. The van der Waals surface area contributed by atoms with Crippen molar-refractivity contribution in [1.29, 1.82) is 0 Å². The molecule has 0 aliphatic rings. The maximum absolute atomic E-state index is 4.55. The summed E-state index contributed by atoms with van der Waals surface area (Å²) in [5.41, 5.74) is 5.56. The topological polar surface area (TPSA) is 88.1 Å². The van der Waals surface area contributed by atoms with Crippen LogP contribution in [-0.2, 0) is 7.05 Å². The highest BCUT2D eigenvalue weighted by Gasteiger charge is 2.14. The van der Waals surface area contributed by atoms with Gasteiger partial charge in [-0.1, -0.05) is 0 Å². The number of nitrogens with zero attached hydrogens (tertiary/aromatic N) is 5. The zero-order valence-corrected chi connectivity index (χ0v) is 13.8. The third-order valence-corrected chi connectivity index (χ3v) is 4.61. The summed E-state index contributed by atoms with van der Waals surface area (Å²) in [6.45, 7) is 1.98. The number of hydrogen-bond acceptors (Lipinski definition) is 4. The molecule has 0 unspecified atom stereocenters. The summed E-state index contributed by atoms with van der Waals surface area (Å²) in [5.74, 6) is 0.951. The van der Waals surface area contributed by atoms with E-state index in [2.05, 4.69) is 36.2 Å². The van der Waals surface area contributed by atoms with Crippen LogP contribution in [0, 0.1) is 6.92 Å². The van der Waals surface area contributed by atoms with Gasteiger partial charge in [0.1, 0.15) is 11.5 Å². The van der Waals surface area contributed by atoms with E-state index in [-0.39, 0.29) is 0 Å². The molecule has 0 aromatic carbocycles. The Bertz CT molecular complexity index is 1190. The first-order valence-electron chi connectivity index (χ1n) is 7.96. The Balaban J connectivity index is 1.71. The molecule has 5 heterocycles. The third-order valence-electron chi connectivity index (χ3n) is 4.61. The maximum Gasteiger partial charge on any atom is 0.116 e. The van der Waals surface area contributed by atoms with Gasteiger partial charge in [0.25, 0.3) is 0 Å². The van der Waals surface area contributed by atoms with Crippen LogP contribution < -0.4 is 0 Å². The smallest absolute Gasteiger partial charge is 0.116 e. The van der Waals surface area contributed by atoms with Crippen molar-refractivity contribution >= 4 is 21.8 Å². The summed E-state index contributed by atoms with van der Waals surface area (Å²) in [5, 5.41) is 9.67. The lowest BCUT2D eigenvalue weighted by atomic mass is 10.1. The molecule has 7 nitrogen and oxygen atoms in total. The minimum absolute atomic E-state index is 0.869. The van der Waals surface area contributed by atoms with E-state index in [1.807, 2.05) is 49.3 Å². The average molecular weight is 329 g/mol. The van der Waals surface area contributed by atoms with Gasteiger partial charge in [-0.25, -0.2) is 4.98 Å². The number of aromatic amines is 2. The normalized spacial score (nSPS) is 11.6. The molecule has 0 fully saturated rings. The van der Waals surface area contributed by atoms with Crippen LogP contribution in [0.1, 0.15) is 5.82 Å². The molecule has 0 amide bonds.